The van der Waals surface area contributed by atoms with Crippen molar-refractivity contribution in [3.63, 3.8) is 0 Å². The third-order valence-corrected chi connectivity index (χ3v) is 5.59. The van der Waals surface area contributed by atoms with Crippen LogP contribution in [0.5, 0.6) is 0 Å². The van der Waals surface area contributed by atoms with Gasteiger partial charge in [0.2, 0.25) is 0 Å². The van der Waals surface area contributed by atoms with E-state index in [-0.39, 0.29) is 4.90 Å². The van der Waals surface area contributed by atoms with Gasteiger partial charge in [-0.2, -0.15) is 0 Å². The van der Waals surface area contributed by atoms with Crippen molar-refractivity contribution in [2.24, 2.45) is 0 Å². The standard InChI is InChI=1S/C21H19NO2S/c1-3-7-21(18-8-5-4-6-9-18)19-14-15-22(16-19)25(23,24)20-12-10-17(2)11-13-20/h3-16H,1H2,2H3/b21-7+. The van der Waals surface area contributed by atoms with Crippen LogP contribution in [0.15, 0.2) is 96.7 Å². The lowest BCUT2D eigenvalue weighted by molar-refractivity contribution is 0.587. The molecule has 1 aromatic heterocycles. The van der Waals surface area contributed by atoms with Crippen molar-refractivity contribution >= 4 is 15.6 Å². The predicted octanol–water partition coefficient (Wildman–Crippen LogP) is 4.65. The largest absolute Gasteiger partial charge is 0.267 e. The van der Waals surface area contributed by atoms with Crippen LogP contribution in [0.2, 0.25) is 0 Å². The van der Waals surface area contributed by atoms with E-state index in [0.29, 0.717) is 0 Å². The van der Waals surface area contributed by atoms with Crippen molar-refractivity contribution in [3.05, 3.63) is 108 Å². The molecule has 0 atom stereocenters. The first-order chi connectivity index (χ1) is 12.0. The molecule has 0 radical (unpaired) electrons. The summed E-state index contributed by atoms with van der Waals surface area (Å²) in [5, 5.41) is 0. The SMILES string of the molecule is C=C/C=C(\c1ccccc1)c1ccn(S(=O)(=O)c2ccc(C)cc2)c1. The van der Waals surface area contributed by atoms with Gasteiger partial charge in [0.25, 0.3) is 10.0 Å². The molecule has 25 heavy (non-hydrogen) atoms. The molecule has 3 aromatic rings. The molecular weight excluding hydrogens is 330 g/mol. The quantitative estimate of drug-likeness (QED) is 0.629. The molecule has 0 unspecified atom stereocenters. The Morgan fingerprint density at radius 3 is 2.28 bits per heavy atom. The zero-order valence-electron chi connectivity index (χ0n) is 14.0. The van der Waals surface area contributed by atoms with Crippen LogP contribution in [0.4, 0.5) is 0 Å². The number of hydrogen-bond donors (Lipinski definition) is 0. The van der Waals surface area contributed by atoms with Gasteiger partial charge in [0.05, 0.1) is 4.90 Å². The molecule has 0 bridgehead atoms. The van der Waals surface area contributed by atoms with Crippen molar-refractivity contribution in [1.82, 2.24) is 3.97 Å². The Kier molecular flexibility index (Phi) is 4.72. The topological polar surface area (TPSA) is 39.1 Å². The smallest absolute Gasteiger partial charge is 0.248 e. The Morgan fingerprint density at radius 2 is 1.64 bits per heavy atom. The van der Waals surface area contributed by atoms with E-state index in [1.54, 1.807) is 48.8 Å². The minimum absolute atomic E-state index is 0.272. The van der Waals surface area contributed by atoms with Crippen molar-refractivity contribution in [1.29, 1.82) is 0 Å². The van der Waals surface area contributed by atoms with E-state index in [9.17, 15) is 8.42 Å². The summed E-state index contributed by atoms with van der Waals surface area (Å²) in [6.45, 7) is 5.69. The number of rotatable bonds is 5. The van der Waals surface area contributed by atoms with Crippen LogP contribution in [0.1, 0.15) is 16.7 Å². The molecule has 126 valence electrons. The van der Waals surface area contributed by atoms with Gasteiger partial charge >= 0.3 is 0 Å². The van der Waals surface area contributed by atoms with E-state index in [1.165, 1.54) is 3.97 Å². The Hall–Kier alpha value is -2.85. The average Bonchev–Trinajstić information content (AvgIpc) is 3.11. The highest BCUT2D eigenvalue weighted by Crippen LogP contribution is 2.25. The lowest BCUT2D eigenvalue weighted by Crippen LogP contribution is -2.10. The van der Waals surface area contributed by atoms with Crippen LogP contribution in [0.3, 0.4) is 0 Å². The summed E-state index contributed by atoms with van der Waals surface area (Å²) >= 11 is 0. The van der Waals surface area contributed by atoms with Gasteiger partial charge in [-0.25, -0.2) is 12.4 Å². The van der Waals surface area contributed by atoms with Crippen molar-refractivity contribution < 1.29 is 8.42 Å². The van der Waals surface area contributed by atoms with Gasteiger partial charge in [-0.15, -0.1) is 0 Å². The molecule has 0 saturated carbocycles. The summed E-state index contributed by atoms with van der Waals surface area (Å²) in [6, 6.07) is 18.5. The van der Waals surface area contributed by atoms with E-state index >= 15 is 0 Å². The van der Waals surface area contributed by atoms with E-state index in [4.69, 9.17) is 0 Å². The summed E-state index contributed by atoms with van der Waals surface area (Å²) in [4.78, 5) is 0.272. The van der Waals surface area contributed by atoms with E-state index in [0.717, 1.165) is 22.3 Å². The van der Waals surface area contributed by atoms with Crippen LogP contribution >= 0.6 is 0 Å². The van der Waals surface area contributed by atoms with Crippen molar-refractivity contribution in [2.45, 2.75) is 11.8 Å². The third-order valence-electron chi connectivity index (χ3n) is 3.94. The Morgan fingerprint density at radius 1 is 0.960 bits per heavy atom. The van der Waals surface area contributed by atoms with Crippen LogP contribution in [0.25, 0.3) is 5.57 Å². The molecule has 0 amide bonds. The van der Waals surface area contributed by atoms with Crippen molar-refractivity contribution in [2.75, 3.05) is 0 Å². The summed E-state index contributed by atoms with van der Waals surface area (Å²) in [5.74, 6) is 0. The molecule has 0 saturated heterocycles. The van der Waals surface area contributed by atoms with Gasteiger partial charge < -0.3 is 0 Å². The Labute approximate surface area is 148 Å². The van der Waals surface area contributed by atoms with Crippen LogP contribution < -0.4 is 0 Å². The maximum Gasteiger partial charge on any atom is 0.267 e. The van der Waals surface area contributed by atoms with Crippen LogP contribution in [-0.2, 0) is 10.0 Å². The first-order valence-electron chi connectivity index (χ1n) is 7.91. The van der Waals surface area contributed by atoms with Gasteiger partial charge in [0.15, 0.2) is 0 Å². The second-order valence-electron chi connectivity index (χ2n) is 5.73. The monoisotopic (exact) mass is 349 g/mol. The fourth-order valence-electron chi connectivity index (χ4n) is 2.61. The highest BCUT2D eigenvalue weighted by molar-refractivity contribution is 7.90. The zero-order chi connectivity index (χ0) is 17.9. The predicted molar refractivity (Wildman–Crippen MR) is 102 cm³/mol. The number of nitrogens with zero attached hydrogens (tertiary/aromatic N) is 1. The lowest BCUT2D eigenvalue weighted by atomic mass is 10.0. The highest BCUT2D eigenvalue weighted by Gasteiger charge is 2.17. The van der Waals surface area contributed by atoms with Gasteiger partial charge in [-0.05, 0) is 36.3 Å². The summed E-state index contributed by atoms with van der Waals surface area (Å²) in [7, 11) is -3.60. The van der Waals surface area contributed by atoms with Crippen molar-refractivity contribution in [3.8, 4) is 0 Å². The molecule has 0 N–H and O–H groups in total. The van der Waals surface area contributed by atoms with Gasteiger partial charge in [0, 0.05) is 18.0 Å². The number of aromatic nitrogens is 1. The first-order valence-corrected chi connectivity index (χ1v) is 9.35. The normalized spacial score (nSPS) is 12.1. The minimum atomic E-state index is -3.60. The molecular formula is C21H19NO2S. The molecule has 0 spiro atoms. The fourth-order valence-corrected chi connectivity index (χ4v) is 3.81. The molecule has 0 aliphatic rings. The average molecular weight is 349 g/mol. The Balaban J connectivity index is 2.03. The van der Waals surface area contributed by atoms with Gasteiger partial charge in [-0.3, -0.25) is 0 Å². The molecule has 3 nitrogen and oxygen atoms in total. The maximum absolute atomic E-state index is 12.8. The number of benzene rings is 2. The summed E-state index contributed by atoms with van der Waals surface area (Å²) in [5.41, 5.74) is 3.77. The zero-order valence-corrected chi connectivity index (χ0v) is 14.8. The number of aryl methyl sites for hydroxylation is 1. The molecule has 4 heteroatoms. The highest BCUT2D eigenvalue weighted by atomic mass is 32.2. The van der Waals surface area contributed by atoms with E-state index in [1.807, 2.05) is 43.3 Å². The molecule has 0 aliphatic carbocycles. The van der Waals surface area contributed by atoms with Crippen LogP contribution in [-0.4, -0.2) is 12.4 Å². The number of allylic oxidation sites excluding steroid dienone is 2. The number of hydrogen-bond acceptors (Lipinski definition) is 2. The first kappa shape index (κ1) is 17.0. The van der Waals surface area contributed by atoms with E-state index in [2.05, 4.69) is 6.58 Å². The minimum Gasteiger partial charge on any atom is -0.248 e. The maximum atomic E-state index is 12.8. The van der Waals surface area contributed by atoms with Gasteiger partial charge in [-0.1, -0.05) is 66.8 Å². The van der Waals surface area contributed by atoms with Crippen LogP contribution in [0, 0.1) is 6.92 Å². The van der Waals surface area contributed by atoms with Gasteiger partial charge in [0.1, 0.15) is 0 Å². The fraction of sp³-hybridized carbons (Fsp3) is 0.0476. The van der Waals surface area contributed by atoms with E-state index < -0.39 is 10.0 Å². The molecule has 1 heterocycles. The molecule has 2 aromatic carbocycles. The Bertz CT molecular complexity index is 1010. The third kappa shape index (κ3) is 3.49. The second kappa shape index (κ2) is 6.95. The summed E-state index contributed by atoms with van der Waals surface area (Å²) in [6.07, 6.45) is 6.80. The molecule has 0 fully saturated rings. The lowest BCUT2D eigenvalue weighted by Gasteiger charge is -2.07. The molecule has 3 rings (SSSR count). The molecule has 0 aliphatic heterocycles. The summed E-state index contributed by atoms with van der Waals surface area (Å²) < 4.78 is 26.9. The second-order valence-corrected chi connectivity index (χ2v) is 7.57.